The van der Waals surface area contributed by atoms with Gasteiger partial charge in [-0.25, -0.2) is 0 Å². The number of anilines is 1. The summed E-state index contributed by atoms with van der Waals surface area (Å²) in [5, 5.41) is 12.2. The number of rotatable bonds is 2. The van der Waals surface area contributed by atoms with Gasteiger partial charge in [-0.3, -0.25) is 4.90 Å². The van der Waals surface area contributed by atoms with Crippen LogP contribution in [-0.4, -0.2) is 70.5 Å². The molecule has 2 saturated heterocycles. The van der Waals surface area contributed by atoms with Gasteiger partial charge in [-0.15, -0.1) is 0 Å². The van der Waals surface area contributed by atoms with E-state index in [-0.39, 0.29) is 6.10 Å². The van der Waals surface area contributed by atoms with E-state index in [1.54, 1.807) is 4.68 Å². The number of nitrogens with zero attached hydrogens (tertiary/aromatic N) is 6. The van der Waals surface area contributed by atoms with E-state index in [0.717, 1.165) is 37.9 Å². The Morgan fingerprint density at radius 1 is 1.19 bits per heavy atom. The summed E-state index contributed by atoms with van der Waals surface area (Å²) in [6.07, 6.45) is 0.240. The van der Waals surface area contributed by atoms with Crippen LogP contribution in [-0.2, 0) is 4.74 Å². The molecule has 0 radical (unpaired) electrons. The van der Waals surface area contributed by atoms with Crippen molar-refractivity contribution in [3.8, 4) is 5.69 Å². The summed E-state index contributed by atoms with van der Waals surface area (Å²) in [4.78, 5) is 4.58. The monoisotopic (exact) mass is 286 g/mol. The normalized spacial score (nSPS) is 26.0. The van der Waals surface area contributed by atoms with Crippen molar-refractivity contribution in [1.82, 2.24) is 25.1 Å². The van der Waals surface area contributed by atoms with Gasteiger partial charge >= 0.3 is 0 Å². The number of hydrogen-bond donors (Lipinski definition) is 0. The molecule has 7 nitrogen and oxygen atoms in total. The first-order valence-electron chi connectivity index (χ1n) is 7.23. The van der Waals surface area contributed by atoms with Crippen LogP contribution in [0.2, 0.25) is 0 Å². The molecule has 21 heavy (non-hydrogen) atoms. The molecule has 2 fully saturated rings. The topological polar surface area (TPSA) is 59.3 Å². The number of likely N-dealkylation sites (N-methyl/N-ethyl adjacent to an activating group) is 1. The molecule has 2 aliphatic heterocycles. The zero-order valence-electron chi connectivity index (χ0n) is 12.0. The standard InChI is InChI=1S/C14H18N6O/c1-18-7-8-21-13-10-19(9-12(13)18)14-15-16-17-20(14)11-5-3-2-4-6-11/h2-6,12-13H,7-10H2,1H3. The number of ether oxygens (including phenoxy) is 1. The van der Waals surface area contributed by atoms with E-state index in [0.29, 0.717) is 6.04 Å². The SMILES string of the molecule is CN1CCOC2CN(c3nnnn3-c3ccccc3)CC21. The van der Waals surface area contributed by atoms with Crippen LogP contribution < -0.4 is 4.90 Å². The molecule has 2 unspecified atom stereocenters. The van der Waals surface area contributed by atoms with Crippen LogP contribution >= 0.6 is 0 Å². The first-order valence-corrected chi connectivity index (χ1v) is 7.23. The predicted molar refractivity (Wildman–Crippen MR) is 77.5 cm³/mol. The number of morpholine rings is 1. The van der Waals surface area contributed by atoms with Gasteiger partial charge in [0.25, 0.3) is 5.95 Å². The Kier molecular flexibility index (Phi) is 3.08. The Hall–Kier alpha value is -1.99. The van der Waals surface area contributed by atoms with E-state index in [2.05, 4.69) is 32.4 Å². The van der Waals surface area contributed by atoms with Gasteiger partial charge in [-0.2, -0.15) is 4.68 Å². The minimum atomic E-state index is 0.240. The summed E-state index contributed by atoms with van der Waals surface area (Å²) in [5.41, 5.74) is 0.974. The average Bonchev–Trinajstić information content (AvgIpc) is 3.15. The molecule has 1 aromatic carbocycles. The molecule has 4 rings (SSSR count). The molecule has 0 bridgehead atoms. The van der Waals surface area contributed by atoms with Gasteiger partial charge < -0.3 is 9.64 Å². The third kappa shape index (κ3) is 2.18. The highest BCUT2D eigenvalue weighted by atomic mass is 16.5. The second kappa shape index (κ2) is 5.09. The van der Waals surface area contributed by atoms with Crippen molar-refractivity contribution in [2.24, 2.45) is 0 Å². The van der Waals surface area contributed by atoms with E-state index in [1.165, 1.54) is 0 Å². The van der Waals surface area contributed by atoms with E-state index in [4.69, 9.17) is 4.74 Å². The highest BCUT2D eigenvalue weighted by Gasteiger charge is 2.40. The minimum Gasteiger partial charge on any atom is -0.373 e. The largest absolute Gasteiger partial charge is 0.373 e. The van der Waals surface area contributed by atoms with Crippen molar-refractivity contribution in [2.45, 2.75) is 12.1 Å². The summed E-state index contributed by atoms with van der Waals surface area (Å²) < 4.78 is 7.67. The van der Waals surface area contributed by atoms with E-state index in [1.807, 2.05) is 30.3 Å². The molecule has 7 heteroatoms. The fraction of sp³-hybridized carbons (Fsp3) is 0.500. The van der Waals surface area contributed by atoms with E-state index < -0.39 is 0 Å². The Balaban J connectivity index is 1.62. The zero-order chi connectivity index (χ0) is 14.2. The fourth-order valence-corrected chi connectivity index (χ4v) is 3.14. The number of fused-ring (bicyclic) bond motifs is 1. The Labute approximate surface area is 123 Å². The molecular formula is C14H18N6O. The quantitative estimate of drug-likeness (QED) is 0.785. The van der Waals surface area contributed by atoms with Gasteiger partial charge in [0, 0.05) is 19.6 Å². The molecule has 0 aliphatic carbocycles. The molecule has 2 atom stereocenters. The maximum atomic E-state index is 5.88. The van der Waals surface area contributed by atoms with Crippen molar-refractivity contribution in [2.75, 3.05) is 38.2 Å². The van der Waals surface area contributed by atoms with Gasteiger partial charge in [0.05, 0.1) is 24.4 Å². The number of aromatic nitrogens is 4. The van der Waals surface area contributed by atoms with Crippen LogP contribution in [0, 0.1) is 0 Å². The van der Waals surface area contributed by atoms with Crippen molar-refractivity contribution in [3.63, 3.8) is 0 Å². The minimum absolute atomic E-state index is 0.240. The maximum absolute atomic E-state index is 5.88. The van der Waals surface area contributed by atoms with Gasteiger partial charge in [-0.1, -0.05) is 23.3 Å². The maximum Gasteiger partial charge on any atom is 0.250 e. The van der Waals surface area contributed by atoms with E-state index in [9.17, 15) is 0 Å². The summed E-state index contributed by atoms with van der Waals surface area (Å²) >= 11 is 0. The number of benzene rings is 1. The number of hydrogen-bond acceptors (Lipinski definition) is 6. The van der Waals surface area contributed by atoms with Crippen LogP contribution in [0.25, 0.3) is 5.69 Å². The molecule has 3 heterocycles. The molecule has 1 aromatic heterocycles. The second-order valence-electron chi connectivity index (χ2n) is 5.59. The average molecular weight is 286 g/mol. The summed E-state index contributed by atoms with van der Waals surface area (Å²) in [6.45, 7) is 3.52. The zero-order valence-corrected chi connectivity index (χ0v) is 12.0. The summed E-state index contributed by atoms with van der Waals surface area (Å²) in [7, 11) is 2.16. The molecule has 2 aromatic rings. The molecule has 0 spiro atoms. The predicted octanol–water partition coefficient (Wildman–Crippen LogP) is 0.181. The molecular weight excluding hydrogens is 268 g/mol. The number of tetrazole rings is 1. The smallest absolute Gasteiger partial charge is 0.250 e. The first-order chi connectivity index (χ1) is 10.3. The van der Waals surface area contributed by atoms with Crippen molar-refractivity contribution in [1.29, 1.82) is 0 Å². The summed E-state index contributed by atoms with van der Waals surface area (Å²) in [5.74, 6) is 0.785. The lowest BCUT2D eigenvalue weighted by molar-refractivity contribution is -0.0362. The van der Waals surface area contributed by atoms with E-state index >= 15 is 0 Å². The van der Waals surface area contributed by atoms with Gasteiger partial charge in [0.2, 0.25) is 0 Å². The molecule has 0 amide bonds. The Morgan fingerprint density at radius 3 is 2.86 bits per heavy atom. The molecule has 0 saturated carbocycles. The van der Waals surface area contributed by atoms with Crippen LogP contribution in [0.3, 0.4) is 0 Å². The van der Waals surface area contributed by atoms with Crippen LogP contribution in [0.4, 0.5) is 5.95 Å². The lowest BCUT2D eigenvalue weighted by Gasteiger charge is -2.33. The van der Waals surface area contributed by atoms with Crippen molar-refractivity contribution < 1.29 is 4.74 Å². The van der Waals surface area contributed by atoms with Crippen LogP contribution in [0.15, 0.2) is 30.3 Å². The van der Waals surface area contributed by atoms with Crippen molar-refractivity contribution >= 4 is 5.95 Å². The fourth-order valence-electron chi connectivity index (χ4n) is 3.14. The second-order valence-corrected chi connectivity index (χ2v) is 5.59. The number of para-hydroxylation sites is 1. The van der Waals surface area contributed by atoms with Crippen LogP contribution in [0.5, 0.6) is 0 Å². The van der Waals surface area contributed by atoms with Crippen LogP contribution in [0.1, 0.15) is 0 Å². The third-order valence-corrected chi connectivity index (χ3v) is 4.32. The lowest BCUT2D eigenvalue weighted by Crippen LogP contribution is -2.48. The highest BCUT2D eigenvalue weighted by Crippen LogP contribution is 2.26. The van der Waals surface area contributed by atoms with Gasteiger partial charge in [0.1, 0.15) is 0 Å². The third-order valence-electron chi connectivity index (χ3n) is 4.32. The van der Waals surface area contributed by atoms with Crippen molar-refractivity contribution in [3.05, 3.63) is 30.3 Å². The molecule has 2 aliphatic rings. The lowest BCUT2D eigenvalue weighted by atomic mass is 10.1. The first kappa shape index (κ1) is 12.7. The highest BCUT2D eigenvalue weighted by molar-refractivity contribution is 5.42. The Morgan fingerprint density at radius 2 is 2.05 bits per heavy atom. The Bertz CT molecular complexity index is 615. The summed E-state index contributed by atoms with van der Waals surface area (Å²) in [6, 6.07) is 10.4. The van der Waals surface area contributed by atoms with Gasteiger partial charge in [0.15, 0.2) is 0 Å². The van der Waals surface area contributed by atoms with Gasteiger partial charge in [-0.05, 0) is 29.6 Å². The molecule has 0 N–H and O–H groups in total. The molecule has 110 valence electrons.